The summed E-state index contributed by atoms with van der Waals surface area (Å²) in [6, 6.07) is 5.47. The standard InChI is InChI=1S/C16H21NO3/c17-13-5-2-1-4-12(13)16(18)11-6-7-14-15(10-11)20-9-3-8-19-14/h6-7,10,12-13H,1-5,8-9,17H2. The van der Waals surface area contributed by atoms with Gasteiger partial charge in [0.25, 0.3) is 0 Å². The van der Waals surface area contributed by atoms with Crippen LogP contribution in [0.15, 0.2) is 18.2 Å². The van der Waals surface area contributed by atoms with Gasteiger partial charge in [-0.05, 0) is 31.0 Å². The van der Waals surface area contributed by atoms with Crippen LogP contribution in [0.25, 0.3) is 0 Å². The molecule has 2 atom stereocenters. The molecule has 0 amide bonds. The summed E-state index contributed by atoms with van der Waals surface area (Å²) in [4.78, 5) is 12.6. The maximum atomic E-state index is 12.6. The average Bonchev–Trinajstić information content (AvgIpc) is 2.71. The Morgan fingerprint density at radius 2 is 1.80 bits per heavy atom. The van der Waals surface area contributed by atoms with Gasteiger partial charge in [-0.2, -0.15) is 0 Å². The molecule has 4 heteroatoms. The number of hydrogen-bond acceptors (Lipinski definition) is 4. The summed E-state index contributed by atoms with van der Waals surface area (Å²) in [5.74, 6) is 1.51. The zero-order valence-corrected chi connectivity index (χ0v) is 11.6. The average molecular weight is 275 g/mol. The molecule has 0 spiro atoms. The topological polar surface area (TPSA) is 61.6 Å². The molecule has 1 saturated carbocycles. The Bertz CT molecular complexity index is 500. The number of fused-ring (bicyclic) bond motifs is 1. The van der Waals surface area contributed by atoms with Crippen LogP contribution in [0.1, 0.15) is 42.5 Å². The van der Waals surface area contributed by atoms with Gasteiger partial charge < -0.3 is 15.2 Å². The highest BCUT2D eigenvalue weighted by atomic mass is 16.5. The Balaban J connectivity index is 1.82. The second-order valence-electron chi connectivity index (χ2n) is 5.63. The van der Waals surface area contributed by atoms with Crippen molar-refractivity contribution in [2.45, 2.75) is 38.1 Å². The summed E-state index contributed by atoms with van der Waals surface area (Å²) in [6.45, 7) is 1.29. The molecule has 1 aliphatic heterocycles. The summed E-state index contributed by atoms with van der Waals surface area (Å²) in [7, 11) is 0. The van der Waals surface area contributed by atoms with E-state index in [-0.39, 0.29) is 17.7 Å². The van der Waals surface area contributed by atoms with Crippen LogP contribution in [-0.2, 0) is 0 Å². The van der Waals surface area contributed by atoms with Crippen molar-refractivity contribution >= 4 is 5.78 Å². The van der Waals surface area contributed by atoms with Gasteiger partial charge in [0.1, 0.15) is 0 Å². The molecule has 0 bridgehead atoms. The second kappa shape index (κ2) is 5.83. The Labute approximate surface area is 119 Å². The van der Waals surface area contributed by atoms with Crippen LogP contribution in [0.5, 0.6) is 11.5 Å². The van der Waals surface area contributed by atoms with Crippen molar-refractivity contribution in [2.75, 3.05) is 13.2 Å². The number of benzene rings is 1. The molecule has 0 aromatic heterocycles. The lowest BCUT2D eigenvalue weighted by Gasteiger charge is -2.27. The van der Waals surface area contributed by atoms with Crippen LogP contribution in [0.4, 0.5) is 0 Å². The lowest BCUT2D eigenvalue weighted by molar-refractivity contribution is 0.0870. The lowest BCUT2D eigenvalue weighted by atomic mass is 9.80. The van der Waals surface area contributed by atoms with E-state index in [1.165, 1.54) is 0 Å². The van der Waals surface area contributed by atoms with Gasteiger partial charge in [0.05, 0.1) is 13.2 Å². The normalized spacial score (nSPS) is 25.9. The van der Waals surface area contributed by atoms with E-state index in [1.54, 1.807) is 0 Å². The van der Waals surface area contributed by atoms with Crippen molar-refractivity contribution in [1.82, 2.24) is 0 Å². The number of hydrogen-bond donors (Lipinski definition) is 1. The van der Waals surface area contributed by atoms with Gasteiger partial charge >= 0.3 is 0 Å². The maximum absolute atomic E-state index is 12.6. The fourth-order valence-corrected chi connectivity index (χ4v) is 3.02. The molecule has 2 aliphatic rings. The van der Waals surface area contributed by atoms with Gasteiger partial charge in [0, 0.05) is 23.9 Å². The molecule has 1 aromatic rings. The third kappa shape index (κ3) is 2.66. The van der Waals surface area contributed by atoms with Gasteiger partial charge in [-0.1, -0.05) is 12.8 Å². The van der Waals surface area contributed by atoms with E-state index < -0.39 is 0 Å². The number of carbonyl (C=O) groups is 1. The third-order valence-corrected chi connectivity index (χ3v) is 4.19. The minimum atomic E-state index is -0.0477. The third-order valence-electron chi connectivity index (χ3n) is 4.19. The Kier molecular flexibility index (Phi) is 3.92. The van der Waals surface area contributed by atoms with E-state index >= 15 is 0 Å². The SMILES string of the molecule is NC1CCCCC1C(=O)c1ccc2c(c1)OCCCO2. The van der Waals surface area contributed by atoms with Crippen LogP contribution < -0.4 is 15.2 Å². The molecule has 0 radical (unpaired) electrons. The highest BCUT2D eigenvalue weighted by molar-refractivity contribution is 5.99. The molecular formula is C16H21NO3. The molecule has 1 aliphatic carbocycles. The molecular weight excluding hydrogens is 254 g/mol. The first-order valence-electron chi connectivity index (χ1n) is 7.45. The van der Waals surface area contributed by atoms with E-state index in [1.807, 2.05) is 18.2 Å². The van der Waals surface area contributed by atoms with E-state index in [2.05, 4.69) is 0 Å². The van der Waals surface area contributed by atoms with E-state index in [0.717, 1.165) is 37.9 Å². The zero-order chi connectivity index (χ0) is 13.9. The predicted octanol–water partition coefficient (Wildman–Crippen LogP) is 2.55. The number of ketones is 1. The molecule has 1 aromatic carbocycles. The number of Topliss-reactive ketones (excluding diaryl/α,β-unsaturated/α-hetero) is 1. The van der Waals surface area contributed by atoms with Gasteiger partial charge in [-0.25, -0.2) is 0 Å². The van der Waals surface area contributed by atoms with E-state index in [0.29, 0.717) is 24.5 Å². The quantitative estimate of drug-likeness (QED) is 0.843. The van der Waals surface area contributed by atoms with Crippen molar-refractivity contribution < 1.29 is 14.3 Å². The summed E-state index contributed by atoms with van der Waals surface area (Å²) < 4.78 is 11.2. The van der Waals surface area contributed by atoms with Crippen LogP contribution in [0.3, 0.4) is 0 Å². The minimum absolute atomic E-state index is 0.00720. The number of ether oxygens (including phenoxy) is 2. The molecule has 4 nitrogen and oxygen atoms in total. The summed E-state index contributed by atoms with van der Waals surface area (Å²) in [5.41, 5.74) is 6.79. The fraction of sp³-hybridized carbons (Fsp3) is 0.562. The first-order chi connectivity index (χ1) is 9.75. The Hall–Kier alpha value is -1.55. The van der Waals surface area contributed by atoms with Crippen LogP contribution in [-0.4, -0.2) is 25.0 Å². The zero-order valence-electron chi connectivity index (χ0n) is 11.6. The maximum Gasteiger partial charge on any atom is 0.167 e. The summed E-state index contributed by atoms with van der Waals surface area (Å²) in [5, 5.41) is 0. The molecule has 1 fully saturated rings. The minimum Gasteiger partial charge on any atom is -0.490 e. The van der Waals surface area contributed by atoms with Gasteiger partial charge in [-0.3, -0.25) is 4.79 Å². The first-order valence-corrected chi connectivity index (χ1v) is 7.45. The van der Waals surface area contributed by atoms with Crippen LogP contribution in [0.2, 0.25) is 0 Å². The van der Waals surface area contributed by atoms with Gasteiger partial charge in [0.2, 0.25) is 0 Å². The monoisotopic (exact) mass is 275 g/mol. The number of nitrogens with two attached hydrogens (primary N) is 1. The van der Waals surface area contributed by atoms with Gasteiger partial charge in [-0.15, -0.1) is 0 Å². The highest BCUT2D eigenvalue weighted by Gasteiger charge is 2.29. The number of carbonyl (C=O) groups excluding carboxylic acids is 1. The van der Waals surface area contributed by atoms with Crippen molar-refractivity contribution in [1.29, 1.82) is 0 Å². The molecule has 2 unspecified atom stereocenters. The predicted molar refractivity (Wildman–Crippen MR) is 76.3 cm³/mol. The van der Waals surface area contributed by atoms with Crippen LogP contribution >= 0.6 is 0 Å². The lowest BCUT2D eigenvalue weighted by Crippen LogP contribution is -2.38. The fourth-order valence-electron chi connectivity index (χ4n) is 3.02. The molecule has 3 rings (SSSR count). The molecule has 2 N–H and O–H groups in total. The smallest absolute Gasteiger partial charge is 0.167 e. The molecule has 108 valence electrons. The van der Waals surface area contributed by atoms with Crippen molar-refractivity contribution in [3.8, 4) is 11.5 Å². The highest BCUT2D eigenvalue weighted by Crippen LogP contribution is 2.33. The van der Waals surface area contributed by atoms with Crippen molar-refractivity contribution in [3.63, 3.8) is 0 Å². The Morgan fingerprint density at radius 3 is 2.60 bits per heavy atom. The first kappa shape index (κ1) is 13.4. The molecule has 1 heterocycles. The summed E-state index contributed by atoms with van der Waals surface area (Å²) >= 11 is 0. The Morgan fingerprint density at radius 1 is 1.05 bits per heavy atom. The van der Waals surface area contributed by atoms with Gasteiger partial charge in [0.15, 0.2) is 17.3 Å². The van der Waals surface area contributed by atoms with Crippen LogP contribution in [0, 0.1) is 5.92 Å². The largest absolute Gasteiger partial charge is 0.490 e. The van der Waals surface area contributed by atoms with Crippen molar-refractivity contribution in [3.05, 3.63) is 23.8 Å². The molecule has 20 heavy (non-hydrogen) atoms. The second-order valence-corrected chi connectivity index (χ2v) is 5.63. The van der Waals surface area contributed by atoms with E-state index in [4.69, 9.17) is 15.2 Å². The molecule has 0 saturated heterocycles. The van der Waals surface area contributed by atoms with Crippen molar-refractivity contribution in [2.24, 2.45) is 11.7 Å². The number of rotatable bonds is 2. The summed E-state index contributed by atoms with van der Waals surface area (Å²) in [6.07, 6.45) is 4.93. The van der Waals surface area contributed by atoms with E-state index in [9.17, 15) is 4.79 Å².